The highest BCUT2D eigenvalue weighted by Gasteiger charge is 2.23. The molecule has 0 saturated carbocycles. The Morgan fingerprint density at radius 2 is 1.75 bits per heavy atom. The van der Waals surface area contributed by atoms with Gasteiger partial charge < -0.3 is 16.0 Å². The van der Waals surface area contributed by atoms with Crippen molar-refractivity contribution in [3.63, 3.8) is 0 Å². The average molecular weight is 380 g/mol. The predicted octanol–water partition coefficient (Wildman–Crippen LogP) is 3.58. The Bertz CT molecular complexity index is 837. The number of benzene rings is 2. The molecular weight excluding hydrogens is 350 g/mol. The summed E-state index contributed by atoms with van der Waals surface area (Å²) in [5.74, 6) is -0.180. The second kappa shape index (κ2) is 8.91. The lowest BCUT2D eigenvalue weighted by Crippen LogP contribution is -2.38. The molecule has 0 radical (unpaired) electrons. The van der Waals surface area contributed by atoms with Crippen LogP contribution in [0, 0.1) is 19.8 Å². The van der Waals surface area contributed by atoms with Crippen LogP contribution >= 0.6 is 0 Å². The molecule has 0 bridgehead atoms. The third-order valence-corrected chi connectivity index (χ3v) is 5.53. The van der Waals surface area contributed by atoms with Crippen molar-refractivity contribution in [1.29, 1.82) is 0 Å². The minimum atomic E-state index is -0.196. The van der Waals surface area contributed by atoms with Gasteiger partial charge in [0.05, 0.1) is 0 Å². The number of aryl methyl sites for hydroxylation is 3. The smallest absolute Gasteiger partial charge is 0.224 e. The molecule has 1 fully saturated rings. The van der Waals surface area contributed by atoms with Gasteiger partial charge in [0.1, 0.15) is 0 Å². The lowest BCUT2D eigenvalue weighted by atomic mass is 9.96. The number of carbonyl (C=O) groups excluding carboxylic acids is 2. The quantitative estimate of drug-likeness (QED) is 0.805. The topological polar surface area (TPSA) is 75.4 Å². The molecule has 28 heavy (non-hydrogen) atoms. The van der Waals surface area contributed by atoms with E-state index in [1.807, 2.05) is 24.3 Å². The zero-order valence-electron chi connectivity index (χ0n) is 16.7. The number of anilines is 2. The summed E-state index contributed by atoms with van der Waals surface area (Å²) in [6.07, 6.45) is 2.80. The molecule has 0 unspecified atom stereocenters. The van der Waals surface area contributed by atoms with Gasteiger partial charge in [-0.2, -0.15) is 0 Å². The van der Waals surface area contributed by atoms with E-state index in [0.29, 0.717) is 6.42 Å². The number of hydrogen-bond donors (Lipinski definition) is 2. The minimum absolute atomic E-state index is 0.00743. The van der Waals surface area contributed by atoms with E-state index in [1.165, 1.54) is 16.7 Å². The monoisotopic (exact) mass is 379 g/mol. The summed E-state index contributed by atoms with van der Waals surface area (Å²) >= 11 is 0. The zero-order chi connectivity index (χ0) is 20.1. The van der Waals surface area contributed by atoms with Crippen LogP contribution in [0.4, 0.5) is 11.4 Å². The van der Waals surface area contributed by atoms with Crippen LogP contribution in [0.2, 0.25) is 0 Å². The summed E-state index contributed by atoms with van der Waals surface area (Å²) in [5.41, 5.74) is 11.0. The van der Waals surface area contributed by atoms with Crippen LogP contribution in [0.25, 0.3) is 0 Å². The second-order valence-electron chi connectivity index (χ2n) is 7.69. The number of rotatable bonds is 6. The number of nitrogens with two attached hydrogens (primary N) is 1. The van der Waals surface area contributed by atoms with Crippen molar-refractivity contribution in [2.45, 2.75) is 39.5 Å². The van der Waals surface area contributed by atoms with Gasteiger partial charge in [-0.15, -0.1) is 0 Å². The van der Waals surface area contributed by atoms with Gasteiger partial charge in [-0.3, -0.25) is 9.59 Å². The molecule has 0 spiro atoms. The molecule has 5 heteroatoms. The SMILES string of the molecule is Cc1ccc(CCC(=O)Nc2ccc(N3CCC(C(N)=O)CC3)cc2)c(C)c1. The Labute approximate surface area is 166 Å². The van der Waals surface area contributed by atoms with Gasteiger partial charge in [0.25, 0.3) is 0 Å². The van der Waals surface area contributed by atoms with Crippen LogP contribution in [0.1, 0.15) is 36.0 Å². The van der Waals surface area contributed by atoms with E-state index >= 15 is 0 Å². The molecule has 1 aliphatic rings. The maximum atomic E-state index is 12.3. The van der Waals surface area contributed by atoms with Gasteiger partial charge in [-0.05, 0) is 68.5 Å². The van der Waals surface area contributed by atoms with E-state index in [-0.39, 0.29) is 17.7 Å². The van der Waals surface area contributed by atoms with Gasteiger partial charge in [0.15, 0.2) is 0 Å². The Morgan fingerprint density at radius 1 is 1.07 bits per heavy atom. The normalized spacial score (nSPS) is 14.7. The van der Waals surface area contributed by atoms with E-state index in [1.54, 1.807) is 0 Å². The van der Waals surface area contributed by atoms with Crippen LogP contribution in [-0.2, 0) is 16.0 Å². The van der Waals surface area contributed by atoms with Crippen LogP contribution in [0.3, 0.4) is 0 Å². The van der Waals surface area contributed by atoms with Gasteiger partial charge >= 0.3 is 0 Å². The fraction of sp³-hybridized carbons (Fsp3) is 0.391. The van der Waals surface area contributed by atoms with Crippen molar-refractivity contribution in [2.24, 2.45) is 11.7 Å². The lowest BCUT2D eigenvalue weighted by molar-refractivity contribution is -0.122. The number of nitrogens with one attached hydrogen (secondary N) is 1. The summed E-state index contributed by atoms with van der Waals surface area (Å²) in [4.78, 5) is 25.8. The molecule has 1 heterocycles. The van der Waals surface area contributed by atoms with Gasteiger partial charge in [-0.25, -0.2) is 0 Å². The molecule has 0 aliphatic carbocycles. The van der Waals surface area contributed by atoms with Crippen LogP contribution < -0.4 is 16.0 Å². The van der Waals surface area contributed by atoms with Crippen molar-refractivity contribution in [3.05, 3.63) is 59.2 Å². The molecule has 2 aromatic carbocycles. The Hall–Kier alpha value is -2.82. The summed E-state index contributed by atoms with van der Waals surface area (Å²) < 4.78 is 0. The maximum Gasteiger partial charge on any atom is 0.224 e. The van der Waals surface area contributed by atoms with E-state index in [0.717, 1.165) is 43.7 Å². The molecule has 2 amide bonds. The Morgan fingerprint density at radius 3 is 2.36 bits per heavy atom. The number of piperidine rings is 1. The highest BCUT2D eigenvalue weighted by Crippen LogP contribution is 2.24. The number of carbonyl (C=O) groups is 2. The fourth-order valence-electron chi connectivity index (χ4n) is 3.78. The number of amides is 2. The van der Waals surface area contributed by atoms with Crippen LogP contribution in [0.5, 0.6) is 0 Å². The molecule has 1 saturated heterocycles. The molecule has 0 atom stereocenters. The van der Waals surface area contributed by atoms with Crippen LogP contribution in [0.15, 0.2) is 42.5 Å². The summed E-state index contributed by atoms with van der Waals surface area (Å²) in [6, 6.07) is 14.3. The van der Waals surface area contributed by atoms with E-state index < -0.39 is 0 Å². The number of nitrogens with zero attached hydrogens (tertiary/aromatic N) is 1. The van der Waals surface area contributed by atoms with Gasteiger partial charge in [-0.1, -0.05) is 23.8 Å². The third-order valence-electron chi connectivity index (χ3n) is 5.53. The van der Waals surface area contributed by atoms with E-state index in [4.69, 9.17) is 5.73 Å². The first-order valence-corrected chi connectivity index (χ1v) is 9.92. The lowest BCUT2D eigenvalue weighted by Gasteiger charge is -2.32. The highest BCUT2D eigenvalue weighted by molar-refractivity contribution is 5.91. The maximum absolute atomic E-state index is 12.3. The number of hydrogen-bond acceptors (Lipinski definition) is 3. The number of primary amides is 1. The second-order valence-corrected chi connectivity index (χ2v) is 7.69. The average Bonchev–Trinajstić information content (AvgIpc) is 2.68. The molecule has 2 aromatic rings. The van der Waals surface area contributed by atoms with Gasteiger partial charge in [0, 0.05) is 36.8 Å². The molecular formula is C23H29N3O2. The Balaban J connectivity index is 1.50. The highest BCUT2D eigenvalue weighted by atomic mass is 16.2. The summed E-state index contributed by atoms with van der Waals surface area (Å²) in [6.45, 7) is 5.82. The van der Waals surface area contributed by atoms with Crippen molar-refractivity contribution in [3.8, 4) is 0 Å². The van der Waals surface area contributed by atoms with Gasteiger partial charge in [0.2, 0.25) is 11.8 Å². The summed E-state index contributed by atoms with van der Waals surface area (Å²) in [5, 5.41) is 2.98. The minimum Gasteiger partial charge on any atom is -0.371 e. The van der Waals surface area contributed by atoms with Crippen molar-refractivity contribution >= 4 is 23.2 Å². The van der Waals surface area contributed by atoms with Crippen LogP contribution in [-0.4, -0.2) is 24.9 Å². The molecule has 3 rings (SSSR count). The van der Waals surface area contributed by atoms with E-state index in [9.17, 15) is 9.59 Å². The first kappa shape index (κ1) is 19.9. The standard InChI is InChI=1S/C23H29N3O2/c1-16-3-4-18(17(2)15-16)5-10-22(27)25-20-6-8-21(9-7-20)26-13-11-19(12-14-26)23(24)28/h3-4,6-9,15,19H,5,10-14H2,1-2H3,(H2,24,28)(H,25,27). The predicted molar refractivity (Wildman–Crippen MR) is 113 cm³/mol. The van der Waals surface area contributed by atoms with Crippen molar-refractivity contribution in [1.82, 2.24) is 0 Å². The molecule has 148 valence electrons. The van der Waals surface area contributed by atoms with E-state index in [2.05, 4.69) is 42.3 Å². The third kappa shape index (κ3) is 5.12. The van der Waals surface area contributed by atoms with Crippen molar-refractivity contribution < 1.29 is 9.59 Å². The molecule has 3 N–H and O–H groups in total. The largest absolute Gasteiger partial charge is 0.371 e. The summed E-state index contributed by atoms with van der Waals surface area (Å²) in [7, 11) is 0. The molecule has 5 nitrogen and oxygen atoms in total. The Kier molecular flexibility index (Phi) is 6.34. The first-order chi connectivity index (χ1) is 13.4. The van der Waals surface area contributed by atoms with Crippen molar-refractivity contribution in [2.75, 3.05) is 23.3 Å². The molecule has 0 aromatic heterocycles. The fourth-order valence-corrected chi connectivity index (χ4v) is 3.78. The molecule has 1 aliphatic heterocycles. The first-order valence-electron chi connectivity index (χ1n) is 9.92. The zero-order valence-corrected chi connectivity index (χ0v) is 16.7.